The maximum absolute atomic E-state index is 12.1. The average molecular weight is 321 g/mol. The number of ether oxygens (including phenoxy) is 1. The molecule has 1 aromatic heterocycles. The summed E-state index contributed by atoms with van der Waals surface area (Å²) in [4.78, 5) is 12.1. The van der Waals surface area contributed by atoms with Crippen LogP contribution in [0.2, 0.25) is 5.02 Å². The van der Waals surface area contributed by atoms with Crippen LogP contribution in [-0.4, -0.2) is 16.4 Å². The summed E-state index contributed by atoms with van der Waals surface area (Å²) in [7, 11) is 0. The van der Waals surface area contributed by atoms with Gasteiger partial charge < -0.3 is 4.74 Å². The Morgan fingerprint density at radius 2 is 2.33 bits per heavy atom. The molecule has 0 spiro atoms. The first-order valence-corrected chi connectivity index (χ1v) is 7.76. The second-order valence-electron chi connectivity index (χ2n) is 4.95. The van der Waals surface area contributed by atoms with Crippen molar-refractivity contribution in [1.82, 2.24) is 9.78 Å². The number of halogens is 1. The molecule has 21 heavy (non-hydrogen) atoms. The van der Waals surface area contributed by atoms with Gasteiger partial charge in [0.05, 0.1) is 10.7 Å². The third-order valence-corrected chi connectivity index (χ3v) is 4.55. The first-order chi connectivity index (χ1) is 10.1. The molecule has 4 nitrogen and oxygen atoms in total. The Kier molecular flexibility index (Phi) is 3.75. The molecule has 1 aliphatic carbocycles. The molecule has 1 aromatic carbocycles. The lowest BCUT2D eigenvalue weighted by molar-refractivity contribution is 0.370. The molecule has 0 aliphatic heterocycles. The number of aryl methyl sites for hydroxylation is 1. The van der Waals surface area contributed by atoms with E-state index in [1.165, 1.54) is 16.0 Å². The molecule has 0 amide bonds. The van der Waals surface area contributed by atoms with Crippen molar-refractivity contribution in [1.29, 1.82) is 0 Å². The minimum Gasteiger partial charge on any atom is -0.479 e. The van der Waals surface area contributed by atoms with Crippen molar-refractivity contribution in [2.24, 2.45) is 0 Å². The maximum Gasteiger partial charge on any atom is 0.329 e. The summed E-state index contributed by atoms with van der Waals surface area (Å²) in [5, 5.41) is 5.81. The van der Waals surface area contributed by atoms with Gasteiger partial charge in [-0.25, -0.2) is 0 Å². The molecular weight excluding hydrogens is 308 g/mol. The number of hydrogen-bond acceptors (Lipinski definition) is 4. The van der Waals surface area contributed by atoms with E-state index in [-0.39, 0.29) is 11.5 Å². The summed E-state index contributed by atoms with van der Waals surface area (Å²) < 4.78 is 6.83. The Labute approximate surface area is 131 Å². The van der Waals surface area contributed by atoms with Crippen LogP contribution in [0.15, 0.2) is 16.9 Å². The highest BCUT2D eigenvalue weighted by Crippen LogP contribution is 2.40. The predicted octanol–water partition coefficient (Wildman–Crippen LogP) is 3.15. The van der Waals surface area contributed by atoms with Crippen molar-refractivity contribution in [2.45, 2.75) is 25.7 Å². The first kappa shape index (κ1) is 14.2. The van der Waals surface area contributed by atoms with E-state index in [1.54, 1.807) is 12.1 Å². The molecule has 0 bridgehead atoms. The van der Waals surface area contributed by atoms with Crippen molar-refractivity contribution < 1.29 is 4.74 Å². The van der Waals surface area contributed by atoms with Crippen LogP contribution >= 0.6 is 22.9 Å². The van der Waals surface area contributed by atoms with Gasteiger partial charge in [0.25, 0.3) is 0 Å². The molecule has 1 heterocycles. The maximum atomic E-state index is 12.1. The van der Waals surface area contributed by atoms with Gasteiger partial charge in [-0.3, -0.25) is 4.79 Å². The van der Waals surface area contributed by atoms with Gasteiger partial charge in [-0.1, -0.05) is 28.9 Å². The van der Waals surface area contributed by atoms with Gasteiger partial charge in [0.1, 0.15) is 17.4 Å². The third kappa shape index (κ3) is 2.82. The summed E-state index contributed by atoms with van der Waals surface area (Å²) in [6.45, 7) is 2.01. The van der Waals surface area contributed by atoms with Gasteiger partial charge >= 0.3 is 4.87 Å². The van der Waals surface area contributed by atoms with Gasteiger partial charge in [0, 0.05) is 12.0 Å². The zero-order valence-corrected chi connectivity index (χ0v) is 13.0. The number of hydrogen-bond donors (Lipinski definition) is 0. The Balaban J connectivity index is 2.05. The largest absolute Gasteiger partial charge is 0.479 e. The van der Waals surface area contributed by atoms with Crippen LogP contribution in [0.3, 0.4) is 0 Å². The number of nitrogens with zero attached hydrogens (tertiary/aromatic N) is 2. The highest BCUT2D eigenvalue weighted by Gasteiger charge is 2.28. The van der Waals surface area contributed by atoms with E-state index in [2.05, 4.69) is 11.0 Å². The van der Waals surface area contributed by atoms with Crippen molar-refractivity contribution >= 4 is 22.9 Å². The van der Waals surface area contributed by atoms with E-state index in [0.717, 1.165) is 23.4 Å². The fourth-order valence-electron chi connectivity index (χ4n) is 2.04. The van der Waals surface area contributed by atoms with E-state index in [0.29, 0.717) is 22.4 Å². The lowest BCUT2D eigenvalue weighted by Gasteiger charge is -2.10. The van der Waals surface area contributed by atoms with Crippen molar-refractivity contribution in [3.05, 3.63) is 37.4 Å². The molecule has 0 N–H and O–H groups in total. The van der Waals surface area contributed by atoms with Crippen LogP contribution < -0.4 is 9.61 Å². The molecule has 1 saturated carbocycles. The highest BCUT2D eigenvalue weighted by molar-refractivity contribution is 7.09. The lowest BCUT2D eigenvalue weighted by Crippen LogP contribution is -2.14. The average Bonchev–Trinajstić information content (AvgIpc) is 3.22. The van der Waals surface area contributed by atoms with Gasteiger partial charge in [-0.05, 0) is 31.4 Å². The summed E-state index contributed by atoms with van der Waals surface area (Å²) in [6.07, 6.45) is 7.42. The van der Waals surface area contributed by atoms with Gasteiger partial charge in [0.15, 0.2) is 0 Å². The predicted molar refractivity (Wildman–Crippen MR) is 83.8 cm³/mol. The highest BCUT2D eigenvalue weighted by atomic mass is 35.5. The number of rotatable bonds is 4. The first-order valence-electron chi connectivity index (χ1n) is 6.57. The summed E-state index contributed by atoms with van der Waals surface area (Å²) in [6, 6.07) is 3.47. The third-order valence-electron chi connectivity index (χ3n) is 3.28. The van der Waals surface area contributed by atoms with Gasteiger partial charge in [-0.15, -0.1) is 6.42 Å². The Hall–Kier alpha value is -1.77. The fourth-order valence-corrected chi connectivity index (χ4v) is 3.24. The molecular formula is C15H13ClN2O2S. The lowest BCUT2D eigenvalue weighted by atomic mass is 10.2. The van der Waals surface area contributed by atoms with E-state index >= 15 is 0 Å². The molecule has 0 atom stereocenters. The Morgan fingerprint density at radius 1 is 1.57 bits per heavy atom. The summed E-state index contributed by atoms with van der Waals surface area (Å²) in [5.74, 6) is 3.31. The minimum atomic E-state index is -0.0924. The van der Waals surface area contributed by atoms with Crippen LogP contribution in [0.5, 0.6) is 5.75 Å². The molecule has 6 heteroatoms. The number of terminal acetylenes is 1. The quantitative estimate of drug-likeness (QED) is 0.813. The second-order valence-corrected chi connectivity index (χ2v) is 6.33. The Bertz CT molecular complexity index is 784. The van der Waals surface area contributed by atoms with Crippen LogP contribution in [0, 0.1) is 19.3 Å². The molecule has 2 aromatic rings. The molecule has 3 rings (SSSR count). The van der Waals surface area contributed by atoms with Gasteiger partial charge in [-0.2, -0.15) is 9.78 Å². The fraction of sp³-hybridized carbons (Fsp3) is 0.333. The van der Waals surface area contributed by atoms with Crippen LogP contribution in [0.4, 0.5) is 0 Å². The zero-order chi connectivity index (χ0) is 15.0. The molecule has 0 radical (unpaired) electrons. The van der Waals surface area contributed by atoms with E-state index in [1.807, 2.05) is 6.92 Å². The van der Waals surface area contributed by atoms with Crippen molar-refractivity contribution in [2.75, 3.05) is 6.61 Å². The number of aromatic nitrogens is 2. The smallest absolute Gasteiger partial charge is 0.329 e. The SMILES string of the molecule is C#CCOc1cc(-n2nc(C3CC3)sc2=O)c(C)cc1Cl. The van der Waals surface area contributed by atoms with Crippen molar-refractivity contribution in [3.8, 4) is 23.8 Å². The molecule has 0 unspecified atom stereocenters. The summed E-state index contributed by atoms with van der Waals surface area (Å²) >= 11 is 7.34. The van der Waals surface area contributed by atoms with Crippen molar-refractivity contribution in [3.63, 3.8) is 0 Å². The zero-order valence-electron chi connectivity index (χ0n) is 11.4. The minimum absolute atomic E-state index is 0.0924. The van der Waals surface area contributed by atoms with Crippen LogP contribution in [-0.2, 0) is 0 Å². The van der Waals surface area contributed by atoms with E-state index in [4.69, 9.17) is 22.8 Å². The van der Waals surface area contributed by atoms with Crippen LogP contribution in [0.25, 0.3) is 5.69 Å². The second kappa shape index (κ2) is 5.55. The topological polar surface area (TPSA) is 44.1 Å². The molecule has 108 valence electrons. The van der Waals surface area contributed by atoms with Crippen LogP contribution in [0.1, 0.15) is 29.3 Å². The van der Waals surface area contributed by atoms with E-state index < -0.39 is 0 Å². The molecule has 1 fully saturated rings. The Morgan fingerprint density at radius 3 is 3.00 bits per heavy atom. The standard InChI is InChI=1S/C15H13ClN2O2S/c1-3-6-20-13-8-12(9(2)7-11(13)16)18-15(19)21-14(17-18)10-4-5-10/h1,7-8,10H,4-6H2,2H3. The van der Waals surface area contributed by atoms with E-state index in [9.17, 15) is 4.79 Å². The van der Waals surface area contributed by atoms with Gasteiger partial charge in [0.2, 0.25) is 0 Å². The number of benzene rings is 1. The molecule has 1 aliphatic rings. The normalized spacial score (nSPS) is 14.0. The monoisotopic (exact) mass is 320 g/mol. The summed E-state index contributed by atoms with van der Waals surface area (Å²) in [5.41, 5.74) is 1.54. The molecule has 0 saturated heterocycles.